The van der Waals surface area contributed by atoms with E-state index in [-0.39, 0.29) is 26.2 Å². The van der Waals surface area contributed by atoms with E-state index in [9.17, 15) is 0 Å². The Morgan fingerprint density at radius 2 is 1.57 bits per heavy atom. The fourth-order valence-electron chi connectivity index (χ4n) is 4.70. The molecule has 4 rings (SSSR count). The second kappa shape index (κ2) is 8.61. The van der Waals surface area contributed by atoms with Crippen LogP contribution in [0.3, 0.4) is 0 Å². The molecule has 2 unspecified atom stereocenters. The predicted octanol–water partition coefficient (Wildman–Crippen LogP) is 6.74. The van der Waals surface area contributed by atoms with Gasteiger partial charge in [-0.2, -0.15) is 0 Å². The van der Waals surface area contributed by atoms with Crippen molar-refractivity contribution in [2.45, 2.75) is 49.8 Å². The van der Waals surface area contributed by atoms with Crippen molar-refractivity contribution in [3.63, 3.8) is 0 Å². The molecule has 0 fully saturated rings. The Kier molecular flexibility index (Phi) is 7.01. The fourth-order valence-corrected chi connectivity index (χ4v) is 9.92. The van der Waals surface area contributed by atoms with E-state index in [1.807, 2.05) is 0 Å². The van der Waals surface area contributed by atoms with Gasteiger partial charge in [0.05, 0.1) is 14.4 Å². The van der Waals surface area contributed by atoms with Gasteiger partial charge in [0.15, 0.2) is 13.4 Å². The van der Waals surface area contributed by atoms with Crippen LogP contribution in [0.4, 0.5) is 0 Å². The third-order valence-corrected chi connectivity index (χ3v) is 11.3. The monoisotopic (exact) mass is 548 g/mol. The summed E-state index contributed by atoms with van der Waals surface area (Å²) in [6.45, 7) is 11.0. The van der Waals surface area contributed by atoms with Crippen LogP contribution < -0.4 is 0 Å². The molecule has 2 aromatic rings. The number of hydrogen-bond donors (Lipinski definition) is 0. The van der Waals surface area contributed by atoms with Crippen LogP contribution in [-0.4, -0.2) is 17.8 Å². The minimum atomic E-state index is -1.89. The van der Waals surface area contributed by atoms with Crippen LogP contribution in [-0.2, 0) is 40.6 Å². The molecule has 30 heavy (non-hydrogen) atoms. The number of fused-ring (bicyclic) bond motifs is 2. The number of alkyl halides is 2. The molecule has 0 heterocycles. The molecule has 2 aliphatic carbocycles. The molecule has 6 heteroatoms. The first-order chi connectivity index (χ1) is 13.6. The molecule has 0 saturated heterocycles. The molecule has 0 aromatic heterocycles. The summed E-state index contributed by atoms with van der Waals surface area (Å²) in [5.74, 6) is 0. The average Bonchev–Trinajstić information content (AvgIpc) is 3.06. The van der Waals surface area contributed by atoms with Crippen molar-refractivity contribution in [1.82, 2.24) is 0 Å². The molecular weight excluding hydrogens is 523 g/mol. The van der Waals surface area contributed by atoms with Gasteiger partial charge in [-0.05, 0) is 60.4 Å². The number of hydrogen-bond acceptors (Lipinski definition) is 1. The van der Waals surface area contributed by atoms with E-state index < -0.39 is 27.8 Å². The molecule has 156 valence electrons. The van der Waals surface area contributed by atoms with Crippen molar-refractivity contribution in [3.05, 3.63) is 81.2 Å². The van der Waals surface area contributed by atoms with E-state index in [0.29, 0.717) is 0 Å². The van der Waals surface area contributed by atoms with Gasteiger partial charge in [-0.25, -0.2) is 0 Å². The van der Waals surface area contributed by atoms with Crippen molar-refractivity contribution in [3.8, 4) is 0 Å². The van der Waals surface area contributed by atoms with E-state index in [2.05, 4.69) is 88.1 Å². The van der Waals surface area contributed by atoms with Crippen LogP contribution in [0.5, 0.6) is 0 Å². The van der Waals surface area contributed by atoms with Crippen LogP contribution in [0, 0.1) is 0 Å². The van der Waals surface area contributed by atoms with Crippen molar-refractivity contribution in [1.29, 1.82) is 0 Å². The smallest absolute Gasteiger partial charge is 0.186 e. The van der Waals surface area contributed by atoms with E-state index in [0.717, 1.165) is 12.0 Å². The summed E-state index contributed by atoms with van der Waals surface area (Å²) >= 11 is 14.7. The van der Waals surface area contributed by atoms with Crippen molar-refractivity contribution < 1.29 is 30.6 Å². The third kappa shape index (κ3) is 3.98. The second-order valence-corrected chi connectivity index (χ2v) is 16.5. The Balaban J connectivity index is 0.00000256. The molecule has 0 spiro atoms. The zero-order chi connectivity index (χ0) is 21.0. The average molecular weight is 551 g/mol. The van der Waals surface area contributed by atoms with Gasteiger partial charge < -0.3 is 4.43 Å². The van der Waals surface area contributed by atoms with Crippen LogP contribution in [0.15, 0.2) is 58.9 Å². The SMILES string of the molecule is CCC1(Cl)C([SiH2]C2=C(C)c3ccccc3C2(Cl)O[Si](C)(C)C)=Cc2ccccc21.[Zr]. The molecule has 2 aliphatic rings. The van der Waals surface area contributed by atoms with Crippen molar-refractivity contribution in [2.24, 2.45) is 0 Å². The van der Waals surface area contributed by atoms with Gasteiger partial charge in [0.25, 0.3) is 0 Å². The summed E-state index contributed by atoms with van der Waals surface area (Å²) in [6.07, 6.45) is 3.18. The van der Waals surface area contributed by atoms with Gasteiger partial charge >= 0.3 is 0 Å². The van der Waals surface area contributed by atoms with Crippen molar-refractivity contribution >= 4 is 52.7 Å². The van der Waals surface area contributed by atoms with E-state index >= 15 is 0 Å². The van der Waals surface area contributed by atoms with Crippen LogP contribution in [0.25, 0.3) is 11.6 Å². The number of benzene rings is 2. The van der Waals surface area contributed by atoms with Crippen molar-refractivity contribution in [2.75, 3.05) is 0 Å². The normalized spacial score (nSPS) is 25.4. The molecule has 2 aromatic carbocycles. The molecule has 0 aliphatic heterocycles. The fraction of sp³-hybridized carbons (Fsp3) is 0.333. The maximum absolute atomic E-state index is 7.39. The quantitative estimate of drug-likeness (QED) is 0.296. The van der Waals surface area contributed by atoms with Gasteiger partial charge in [0.1, 0.15) is 0 Å². The van der Waals surface area contributed by atoms with Gasteiger partial charge in [0.2, 0.25) is 0 Å². The Hall–Kier alpha value is -0.223. The Morgan fingerprint density at radius 3 is 2.20 bits per heavy atom. The van der Waals surface area contributed by atoms with Crippen LogP contribution in [0.2, 0.25) is 19.6 Å². The van der Waals surface area contributed by atoms with Gasteiger partial charge in [0, 0.05) is 31.8 Å². The number of halogens is 2. The summed E-state index contributed by atoms with van der Waals surface area (Å²) in [5, 5.41) is 1.74. The van der Waals surface area contributed by atoms with Gasteiger partial charge in [-0.15, -0.1) is 11.6 Å². The summed E-state index contributed by atoms with van der Waals surface area (Å²) in [5.41, 5.74) is 6.05. The van der Waals surface area contributed by atoms with E-state index in [1.54, 1.807) is 0 Å². The Morgan fingerprint density at radius 1 is 0.967 bits per heavy atom. The first kappa shape index (κ1) is 24.4. The summed E-state index contributed by atoms with van der Waals surface area (Å²) in [6, 6.07) is 16.9. The minimum absolute atomic E-state index is 0. The first-order valence-corrected chi connectivity index (χ1v) is 15.9. The minimum Gasteiger partial charge on any atom is -0.393 e. The van der Waals surface area contributed by atoms with E-state index in [1.165, 1.54) is 32.7 Å². The standard InChI is InChI=1S/C24H28Cl2OSi2.Zr/c1-6-23(25)19-13-9-7-11-17(19)15-21(23)28-22-16(2)18-12-8-10-14-20(18)24(22,26)27-29(3,4)5;/h7-15H,6,28H2,1-5H3;. The Labute approximate surface area is 213 Å². The molecule has 0 bridgehead atoms. The maximum Gasteiger partial charge on any atom is 0.186 e. The molecule has 0 saturated carbocycles. The molecule has 0 radical (unpaired) electrons. The zero-order valence-electron chi connectivity index (χ0n) is 18.3. The first-order valence-electron chi connectivity index (χ1n) is 10.3. The largest absolute Gasteiger partial charge is 0.393 e. The second-order valence-electron chi connectivity index (χ2n) is 9.05. The number of rotatable bonds is 5. The maximum atomic E-state index is 7.39. The molecule has 0 amide bonds. The third-order valence-electron chi connectivity index (χ3n) is 6.05. The van der Waals surface area contributed by atoms with Gasteiger partial charge in [-0.3, -0.25) is 0 Å². The summed E-state index contributed by atoms with van der Waals surface area (Å²) in [7, 11) is -2.82. The molecular formula is C24H28Cl2OSi2Zr. The van der Waals surface area contributed by atoms with Crippen LogP contribution >= 0.6 is 23.2 Å². The topological polar surface area (TPSA) is 9.23 Å². The van der Waals surface area contributed by atoms with E-state index in [4.69, 9.17) is 27.6 Å². The predicted molar refractivity (Wildman–Crippen MR) is 132 cm³/mol. The number of allylic oxidation sites excluding steroid dienone is 2. The van der Waals surface area contributed by atoms with Gasteiger partial charge in [-0.1, -0.05) is 78.3 Å². The Bertz CT molecular complexity index is 1040. The molecule has 2 atom stereocenters. The summed E-state index contributed by atoms with van der Waals surface area (Å²) < 4.78 is 6.70. The van der Waals surface area contributed by atoms with Crippen LogP contribution in [0.1, 0.15) is 42.5 Å². The zero-order valence-corrected chi connectivity index (χ0v) is 24.7. The molecule has 1 nitrogen and oxygen atoms in total. The molecule has 0 N–H and O–H groups in total. The summed E-state index contributed by atoms with van der Waals surface area (Å²) in [4.78, 5) is -0.429.